The molecule has 0 aliphatic rings. The number of hydrogen-bond donors (Lipinski definition) is 1. The zero-order valence-corrected chi connectivity index (χ0v) is 11.2. The molecule has 7 heteroatoms. The Morgan fingerprint density at radius 2 is 2.37 bits per heavy atom. The number of aliphatic imine (C=N–C) groups is 1. The van der Waals surface area contributed by atoms with Crippen LogP contribution in [-0.4, -0.2) is 21.0 Å². The molecule has 0 aliphatic carbocycles. The van der Waals surface area contributed by atoms with Crippen LogP contribution in [0.5, 0.6) is 0 Å². The second kappa shape index (κ2) is 5.54. The number of fused-ring (bicyclic) bond motifs is 1. The molecule has 1 aromatic heterocycles. The molecule has 1 N–H and O–H groups in total. The monoisotopic (exact) mass is 273 g/mol. The van der Waals surface area contributed by atoms with Gasteiger partial charge in [0.2, 0.25) is 0 Å². The fourth-order valence-electron chi connectivity index (χ4n) is 1.56. The number of hydrogen-bond acceptors (Lipinski definition) is 5. The lowest BCUT2D eigenvalue weighted by Crippen LogP contribution is -2.16. The van der Waals surface area contributed by atoms with Crippen LogP contribution in [0.2, 0.25) is 0 Å². The molecule has 0 aliphatic heterocycles. The minimum atomic E-state index is -0.124. The second-order valence-electron chi connectivity index (χ2n) is 3.72. The SMILES string of the molecule is CSC(=Nc1ccc2ncn(C)c(=O)c2c1)NC#N. The van der Waals surface area contributed by atoms with Crippen molar-refractivity contribution in [2.75, 3.05) is 6.26 Å². The molecule has 96 valence electrons. The van der Waals surface area contributed by atoms with Crippen molar-refractivity contribution in [3.8, 4) is 6.19 Å². The lowest BCUT2D eigenvalue weighted by molar-refractivity contribution is 0.843. The van der Waals surface area contributed by atoms with Gasteiger partial charge in [0.05, 0.1) is 22.9 Å². The molecule has 2 rings (SSSR count). The summed E-state index contributed by atoms with van der Waals surface area (Å²) in [6, 6.07) is 5.16. The molecular formula is C12H11N5OS. The van der Waals surface area contributed by atoms with Crippen LogP contribution >= 0.6 is 11.8 Å². The zero-order valence-electron chi connectivity index (χ0n) is 10.4. The molecule has 1 aromatic carbocycles. The molecule has 19 heavy (non-hydrogen) atoms. The smallest absolute Gasteiger partial charge is 0.260 e. The number of nitrogens with zero attached hydrogens (tertiary/aromatic N) is 4. The molecule has 0 unspecified atom stereocenters. The van der Waals surface area contributed by atoms with E-state index in [0.29, 0.717) is 21.8 Å². The van der Waals surface area contributed by atoms with Crippen molar-refractivity contribution in [3.63, 3.8) is 0 Å². The number of nitrogens with one attached hydrogen (secondary N) is 1. The third kappa shape index (κ3) is 2.74. The molecule has 0 radical (unpaired) electrons. The van der Waals surface area contributed by atoms with E-state index in [1.807, 2.05) is 12.4 Å². The van der Waals surface area contributed by atoms with Crippen LogP contribution in [0.3, 0.4) is 0 Å². The molecule has 0 saturated carbocycles. The van der Waals surface area contributed by atoms with Crippen LogP contribution in [0.25, 0.3) is 10.9 Å². The predicted molar refractivity (Wildman–Crippen MR) is 76.3 cm³/mol. The van der Waals surface area contributed by atoms with Gasteiger partial charge in [0.1, 0.15) is 0 Å². The van der Waals surface area contributed by atoms with E-state index in [0.717, 1.165) is 0 Å². The number of amidine groups is 1. The molecule has 1 heterocycles. The highest BCUT2D eigenvalue weighted by Gasteiger charge is 2.03. The lowest BCUT2D eigenvalue weighted by atomic mass is 10.2. The summed E-state index contributed by atoms with van der Waals surface area (Å²) >= 11 is 1.32. The minimum Gasteiger partial charge on any atom is -0.302 e. The number of rotatable bonds is 1. The summed E-state index contributed by atoms with van der Waals surface area (Å²) < 4.78 is 1.42. The average molecular weight is 273 g/mol. The predicted octanol–water partition coefficient (Wildman–Crippen LogP) is 1.35. The standard InChI is InChI=1S/C12H11N5OS/c1-17-7-15-10-4-3-8(5-9(10)11(17)18)16-12(19-2)14-6-13/h3-5,7H,1-2H3,(H,14,16). The maximum atomic E-state index is 12.0. The molecular weight excluding hydrogens is 262 g/mol. The van der Waals surface area contributed by atoms with Gasteiger partial charge < -0.3 is 4.57 Å². The van der Waals surface area contributed by atoms with E-state index in [1.54, 1.807) is 25.2 Å². The molecule has 0 atom stereocenters. The van der Waals surface area contributed by atoms with Crippen molar-refractivity contribution in [1.82, 2.24) is 14.9 Å². The van der Waals surface area contributed by atoms with E-state index in [9.17, 15) is 4.79 Å². The Kier molecular flexibility index (Phi) is 3.82. The molecule has 0 saturated heterocycles. The van der Waals surface area contributed by atoms with E-state index < -0.39 is 0 Å². The number of nitriles is 1. The number of aromatic nitrogens is 2. The quantitative estimate of drug-likeness (QED) is 0.367. The number of thioether (sulfide) groups is 1. The van der Waals surface area contributed by atoms with Crippen LogP contribution in [0.15, 0.2) is 34.3 Å². The Labute approximate surface area is 113 Å². The largest absolute Gasteiger partial charge is 0.302 e. The first kappa shape index (κ1) is 13.1. The van der Waals surface area contributed by atoms with E-state index >= 15 is 0 Å². The third-order valence-corrected chi connectivity index (χ3v) is 3.07. The highest BCUT2D eigenvalue weighted by molar-refractivity contribution is 8.13. The summed E-state index contributed by atoms with van der Waals surface area (Å²) in [5.74, 6) is 0. The fourth-order valence-corrected chi connectivity index (χ4v) is 1.90. The highest BCUT2D eigenvalue weighted by atomic mass is 32.2. The van der Waals surface area contributed by atoms with Crippen LogP contribution in [0, 0.1) is 11.5 Å². The summed E-state index contributed by atoms with van der Waals surface area (Å²) in [5.41, 5.74) is 1.10. The van der Waals surface area contributed by atoms with Crippen molar-refractivity contribution < 1.29 is 0 Å². The second-order valence-corrected chi connectivity index (χ2v) is 4.51. The Hall–Kier alpha value is -2.33. The van der Waals surface area contributed by atoms with Crippen molar-refractivity contribution in [2.24, 2.45) is 12.0 Å². The molecule has 0 amide bonds. The Balaban J connectivity index is 2.56. The van der Waals surface area contributed by atoms with E-state index in [2.05, 4.69) is 15.3 Å². The van der Waals surface area contributed by atoms with Crippen LogP contribution in [0.1, 0.15) is 0 Å². The summed E-state index contributed by atoms with van der Waals surface area (Å²) in [4.78, 5) is 20.4. The lowest BCUT2D eigenvalue weighted by Gasteiger charge is -2.03. The summed E-state index contributed by atoms with van der Waals surface area (Å²) in [5, 5.41) is 12.0. The van der Waals surface area contributed by atoms with Crippen molar-refractivity contribution in [3.05, 3.63) is 34.9 Å². The number of aryl methyl sites for hydroxylation is 1. The van der Waals surface area contributed by atoms with Gasteiger partial charge in [-0.15, -0.1) is 0 Å². The average Bonchev–Trinajstić information content (AvgIpc) is 2.43. The van der Waals surface area contributed by atoms with Gasteiger partial charge >= 0.3 is 0 Å². The minimum absolute atomic E-state index is 0.124. The third-order valence-electron chi connectivity index (χ3n) is 2.49. The maximum absolute atomic E-state index is 12.0. The summed E-state index contributed by atoms with van der Waals surface area (Å²) in [7, 11) is 1.65. The van der Waals surface area contributed by atoms with Gasteiger partial charge in [0.15, 0.2) is 11.4 Å². The Bertz CT molecular complexity index is 744. The topological polar surface area (TPSA) is 83.1 Å². The van der Waals surface area contributed by atoms with Gasteiger partial charge in [-0.3, -0.25) is 10.1 Å². The zero-order chi connectivity index (χ0) is 13.8. The van der Waals surface area contributed by atoms with Crippen LogP contribution in [-0.2, 0) is 7.05 Å². The fraction of sp³-hybridized carbons (Fsp3) is 0.167. The van der Waals surface area contributed by atoms with E-state index in [1.165, 1.54) is 22.7 Å². The van der Waals surface area contributed by atoms with Crippen molar-refractivity contribution in [2.45, 2.75) is 0 Å². The molecule has 6 nitrogen and oxygen atoms in total. The first-order valence-electron chi connectivity index (χ1n) is 5.39. The normalized spacial score (nSPS) is 11.3. The van der Waals surface area contributed by atoms with Crippen molar-refractivity contribution >= 4 is 33.5 Å². The van der Waals surface area contributed by atoms with Gasteiger partial charge in [0, 0.05) is 7.05 Å². The van der Waals surface area contributed by atoms with Gasteiger partial charge in [-0.05, 0) is 24.5 Å². The maximum Gasteiger partial charge on any atom is 0.260 e. The Morgan fingerprint density at radius 3 is 3.05 bits per heavy atom. The van der Waals surface area contributed by atoms with Gasteiger partial charge in [-0.1, -0.05) is 11.8 Å². The molecule has 0 fully saturated rings. The first-order valence-corrected chi connectivity index (χ1v) is 6.61. The highest BCUT2D eigenvalue weighted by Crippen LogP contribution is 2.18. The van der Waals surface area contributed by atoms with Crippen LogP contribution < -0.4 is 10.9 Å². The van der Waals surface area contributed by atoms with E-state index in [4.69, 9.17) is 5.26 Å². The number of benzene rings is 1. The first-order chi connectivity index (χ1) is 9.15. The van der Waals surface area contributed by atoms with E-state index in [-0.39, 0.29) is 5.56 Å². The molecule has 2 aromatic rings. The Morgan fingerprint density at radius 1 is 1.58 bits per heavy atom. The van der Waals surface area contributed by atoms with Gasteiger partial charge in [-0.25, -0.2) is 9.98 Å². The summed E-state index contributed by atoms with van der Waals surface area (Å²) in [6.07, 6.45) is 5.11. The molecule has 0 spiro atoms. The van der Waals surface area contributed by atoms with Crippen LogP contribution in [0.4, 0.5) is 5.69 Å². The summed E-state index contributed by atoms with van der Waals surface area (Å²) in [6.45, 7) is 0. The van der Waals surface area contributed by atoms with Gasteiger partial charge in [-0.2, -0.15) is 5.26 Å². The van der Waals surface area contributed by atoms with Gasteiger partial charge in [0.25, 0.3) is 5.56 Å². The molecule has 0 bridgehead atoms. The van der Waals surface area contributed by atoms with Crippen molar-refractivity contribution in [1.29, 1.82) is 5.26 Å².